The van der Waals surface area contributed by atoms with E-state index >= 15 is 0 Å². The minimum absolute atomic E-state index is 0.0572. The average molecular weight is 367 g/mol. The number of nitrogens with zero attached hydrogens (tertiary/aromatic N) is 3. The Bertz CT molecular complexity index is 920. The number of hydrogen-bond donors (Lipinski definition) is 2. The fraction of sp³-hybridized carbons (Fsp3) is 0.222. The molecule has 0 bridgehead atoms. The van der Waals surface area contributed by atoms with E-state index in [9.17, 15) is 9.59 Å². The number of thiophene rings is 1. The third-order valence-corrected chi connectivity index (χ3v) is 5.15. The average Bonchev–Trinajstić information content (AvgIpc) is 3.37. The topological polar surface area (TPSA) is 88.9 Å². The third kappa shape index (κ3) is 3.36. The van der Waals surface area contributed by atoms with Crippen molar-refractivity contribution in [2.45, 2.75) is 25.6 Å². The molecule has 0 spiro atoms. The Hall–Kier alpha value is -3.00. The molecular formula is C18H17N5O2S. The largest absolute Gasteiger partial charge is 0.348 e. The molecule has 0 aliphatic carbocycles. The molecule has 2 amide bonds. The molecule has 0 radical (unpaired) electrons. The Morgan fingerprint density at radius 2 is 2.15 bits per heavy atom. The van der Waals surface area contributed by atoms with Gasteiger partial charge >= 0.3 is 0 Å². The standard InChI is InChI=1S/C18H17N5O2S/c24-17(20-9-12-3-1-5-19-8-12)14-10-21-23-11-13(7-15(14)23)22-18(25)16-4-2-6-26-16/h1-6,8,10,13H,7,9,11H2,(H,20,24)(H,22,25)/t13-/m0/s1. The molecule has 26 heavy (non-hydrogen) atoms. The number of hydrogen-bond acceptors (Lipinski definition) is 5. The van der Waals surface area contributed by atoms with Crippen LogP contribution in [0.25, 0.3) is 0 Å². The van der Waals surface area contributed by atoms with Crippen LogP contribution in [0.2, 0.25) is 0 Å². The van der Waals surface area contributed by atoms with E-state index in [1.54, 1.807) is 29.3 Å². The lowest BCUT2D eigenvalue weighted by molar-refractivity contribution is 0.0938. The van der Waals surface area contributed by atoms with Crippen LogP contribution >= 0.6 is 11.3 Å². The van der Waals surface area contributed by atoms with Gasteiger partial charge in [-0.3, -0.25) is 19.3 Å². The molecule has 2 N–H and O–H groups in total. The molecule has 0 unspecified atom stereocenters. The summed E-state index contributed by atoms with van der Waals surface area (Å²) in [6.45, 7) is 0.984. The molecule has 132 valence electrons. The first kappa shape index (κ1) is 16.5. The van der Waals surface area contributed by atoms with Gasteiger partial charge in [-0.2, -0.15) is 5.10 Å². The van der Waals surface area contributed by atoms with Crippen molar-refractivity contribution in [2.75, 3.05) is 0 Å². The fourth-order valence-electron chi connectivity index (χ4n) is 3.02. The van der Waals surface area contributed by atoms with E-state index < -0.39 is 0 Å². The molecule has 4 rings (SSSR count). The van der Waals surface area contributed by atoms with Crippen molar-refractivity contribution in [2.24, 2.45) is 0 Å². The van der Waals surface area contributed by atoms with E-state index in [4.69, 9.17) is 0 Å². The molecule has 0 saturated carbocycles. The normalized spacial score (nSPS) is 15.5. The Morgan fingerprint density at radius 3 is 2.92 bits per heavy atom. The lowest BCUT2D eigenvalue weighted by Gasteiger charge is -2.10. The molecule has 1 aliphatic rings. The SMILES string of the molecule is O=C(N[C@H]1Cc2c(C(=O)NCc3cccnc3)cnn2C1)c1cccs1. The zero-order chi connectivity index (χ0) is 17.9. The molecule has 3 aromatic heterocycles. The zero-order valence-electron chi connectivity index (χ0n) is 13.9. The maximum Gasteiger partial charge on any atom is 0.261 e. The molecule has 0 saturated heterocycles. The lowest BCUT2D eigenvalue weighted by Crippen LogP contribution is -2.35. The second-order valence-corrected chi connectivity index (χ2v) is 7.03. The highest BCUT2D eigenvalue weighted by molar-refractivity contribution is 7.12. The summed E-state index contributed by atoms with van der Waals surface area (Å²) < 4.78 is 1.79. The first-order valence-electron chi connectivity index (χ1n) is 8.27. The van der Waals surface area contributed by atoms with Crippen molar-refractivity contribution in [3.63, 3.8) is 0 Å². The van der Waals surface area contributed by atoms with Gasteiger partial charge in [0.05, 0.1) is 34.9 Å². The predicted octanol–water partition coefficient (Wildman–Crippen LogP) is 1.62. The summed E-state index contributed by atoms with van der Waals surface area (Å²) in [5.74, 6) is -0.251. The molecule has 4 heterocycles. The van der Waals surface area contributed by atoms with Crippen LogP contribution in [0.1, 0.15) is 31.3 Å². The third-order valence-electron chi connectivity index (χ3n) is 4.28. The molecule has 7 nitrogen and oxygen atoms in total. The minimum atomic E-state index is -0.166. The van der Waals surface area contributed by atoms with Crippen LogP contribution in [-0.4, -0.2) is 32.6 Å². The van der Waals surface area contributed by atoms with E-state index in [0.717, 1.165) is 11.3 Å². The molecular weight excluding hydrogens is 350 g/mol. The quantitative estimate of drug-likeness (QED) is 0.717. The maximum atomic E-state index is 12.5. The van der Waals surface area contributed by atoms with E-state index in [2.05, 4.69) is 20.7 Å². The maximum absolute atomic E-state index is 12.5. The number of pyridine rings is 1. The lowest BCUT2D eigenvalue weighted by atomic mass is 10.1. The summed E-state index contributed by atoms with van der Waals surface area (Å²) in [6, 6.07) is 7.33. The predicted molar refractivity (Wildman–Crippen MR) is 96.9 cm³/mol. The van der Waals surface area contributed by atoms with Gasteiger partial charge in [0.1, 0.15) is 0 Å². The number of fused-ring (bicyclic) bond motifs is 1. The summed E-state index contributed by atoms with van der Waals surface area (Å²) >= 11 is 1.41. The van der Waals surface area contributed by atoms with E-state index in [1.165, 1.54) is 11.3 Å². The number of carbonyl (C=O) groups excluding carboxylic acids is 2. The monoisotopic (exact) mass is 367 g/mol. The Balaban J connectivity index is 1.38. The van der Waals surface area contributed by atoms with Gasteiger partial charge in [-0.1, -0.05) is 12.1 Å². The van der Waals surface area contributed by atoms with Gasteiger partial charge < -0.3 is 10.6 Å². The highest BCUT2D eigenvalue weighted by Gasteiger charge is 2.29. The zero-order valence-corrected chi connectivity index (χ0v) is 14.7. The molecule has 0 fully saturated rings. The van der Waals surface area contributed by atoms with Crippen LogP contribution in [-0.2, 0) is 19.5 Å². The van der Waals surface area contributed by atoms with Crippen LogP contribution in [0.5, 0.6) is 0 Å². The first-order valence-corrected chi connectivity index (χ1v) is 9.15. The molecule has 1 aliphatic heterocycles. The van der Waals surface area contributed by atoms with Crippen molar-refractivity contribution in [1.29, 1.82) is 0 Å². The number of rotatable bonds is 5. The van der Waals surface area contributed by atoms with Crippen LogP contribution < -0.4 is 10.6 Å². The summed E-state index contributed by atoms with van der Waals surface area (Å²) in [7, 11) is 0. The minimum Gasteiger partial charge on any atom is -0.348 e. The van der Waals surface area contributed by atoms with Gasteiger partial charge in [0.15, 0.2) is 0 Å². The summed E-state index contributed by atoms with van der Waals surface area (Å²) in [6.07, 6.45) is 5.59. The highest BCUT2D eigenvalue weighted by Crippen LogP contribution is 2.20. The van der Waals surface area contributed by atoms with Gasteiger partial charge in [0.25, 0.3) is 11.8 Å². The van der Waals surface area contributed by atoms with Gasteiger partial charge in [0, 0.05) is 25.4 Å². The first-order chi connectivity index (χ1) is 12.7. The fourth-order valence-corrected chi connectivity index (χ4v) is 3.65. The second-order valence-electron chi connectivity index (χ2n) is 6.08. The highest BCUT2D eigenvalue weighted by atomic mass is 32.1. The van der Waals surface area contributed by atoms with Crippen molar-refractivity contribution in [1.82, 2.24) is 25.4 Å². The Morgan fingerprint density at radius 1 is 1.23 bits per heavy atom. The van der Waals surface area contributed by atoms with Crippen molar-refractivity contribution < 1.29 is 9.59 Å². The van der Waals surface area contributed by atoms with Crippen molar-refractivity contribution in [3.05, 3.63) is 69.9 Å². The Kier molecular flexibility index (Phi) is 4.49. The number of amides is 2. The number of nitrogens with one attached hydrogen (secondary N) is 2. The van der Waals surface area contributed by atoms with E-state index in [1.807, 2.05) is 23.6 Å². The number of aromatic nitrogens is 3. The molecule has 0 aromatic carbocycles. The van der Waals surface area contributed by atoms with Gasteiger partial charge in [-0.05, 0) is 23.1 Å². The number of carbonyl (C=O) groups is 2. The van der Waals surface area contributed by atoms with Gasteiger partial charge in [-0.15, -0.1) is 11.3 Å². The summed E-state index contributed by atoms with van der Waals surface area (Å²) in [4.78, 5) is 29.4. The van der Waals surface area contributed by atoms with Crippen LogP contribution in [0, 0.1) is 0 Å². The summed E-state index contributed by atoms with van der Waals surface area (Å²) in [5, 5.41) is 12.1. The van der Waals surface area contributed by atoms with Crippen molar-refractivity contribution in [3.8, 4) is 0 Å². The van der Waals surface area contributed by atoms with Crippen molar-refractivity contribution >= 4 is 23.2 Å². The molecule has 1 atom stereocenters. The van der Waals surface area contributed by atoms with Crippen LogP contribution in [0.15, 0.2) is 48.2 Å². The molecule has 3 aromatic rings. The Labute approximate surface area is 154 Å². The molecule has 8 heteroatoms. The van der Waals surface area contributed by atoms with Crippen LogP contribution in [0.4, 0.5) is 0 Å². The summed E-state index contributed by atoms with van der Waals surface area (Å²) in [5.41, 5.74) is 2.35. The van der Waals surface area contributed by atoms with E-state index in [-0.39, 0.29) is 17.9 Å². The van der Waals surface area contributed by atoms with Gasteiger partial charge in [0.2, 0.25) is 0 Å². The second kappa shape index (κ2) is 7.09. The van der Waals surface area contributed by atoms with E-state index in [0.29, 0.717) is 30.0 Å². The smallest absolute Gasteiger partial charge is 0.261 e. The van der Waals surface area contributed by atoms with Gasteiger partial charge in [-0.25, -0.2) is 0 Å². The van der Waals surface area contributed by atoms with Crippen LogP contribution in [0.3, 0.4) is 0 Å².